The molecule has 2 rings (SSSR count). The maximum Gasteiger partial charge on any atom is 0.220 e. The third-order valence-corrected chi connectivity index (χ3v) is 3.87. The molecule has 0 bridgehead atoms. The molecule has 0 aliphatic carbocycles. The third kappa shape index (κ3) is 6.18. The molecule has 0 aromatic heterocycles. The first kappa shape index (κ1) is 19.4. The zero-order chi connectivity index (χ0) is 18.8. The average Bonchev–Trinajstić information content (AvgIpc) is 2.65. The predicted molar refractivity (Wildman–Crippen MR) is 103 cm³/mol. The van der Waals surface area contributed by atoms with Crippen molar-refractivity contribution in [2.75, 3.05) is 13.2 Å². The third-order valence-electron chi connectivity index (χ3n) is 3.87. The summed E-state index contributed by atoms with van der Waals surface area (Å²) in [4.78, 5) is 12.1. The predicted octanol–water partition coefficient (Wildman–Crippen LogP) is 3.65. The second-order valence-corrected chi connectivity index (χ2v) is 5.97. The number of amides is 1. The van der Waals surface area contributed by atoms with Crippen molar-refractivity contribution in [3.05, 3.63) is 59.2 Å². The number of ether oxygens (including phenoxy) is 2. The van der Waals surface area contributed by atoms with Crippen LogP contribution in [0.2, 0.25) is 0 Å². The summed E-state index contributed by atoms with van der Waals surface area (Å²) < 4.78 is 11.1. The van der Waals surface area contributed by atoms with E-state index < -0.39 is 0 Å². The Hall–Kier alpha value is -2.93. The van der Waals surface area contributed by atoms with Gasteiger partial charge < -0.3 is 14.8 Å². The van der Waals surface area contributed by atoms with Crippen molar-refractivity contribution in [2.24, 2.45) is 0 Å². The first-order valence-electron chi connectivity index (χ1n) is 8.76. The van der Waals surface area contributed by atoms with E-state index in [1.807, 2.05) is 56.3 Å². The minimum Gasteiger partial charge on any atom is -0.490 e. The van der Waals surface area contributed by atoms with Crippen LogP contribution in [0.25, 0.3) is 0 Å². The van der Waals surface area contributed by atoms with Crippen molar-refractivity contribution < 1.29 is 14.3 Å². The molecule has 0 saturated carbocycles. The fourth-order valence-corrected chi connectivity index (χ4v) is 2.47. The van der Waals surface area contributed by atoms with E-state index in [2.05, 4.69) is 11.2 Å². The number of carbonyl (C=O) groups excluding carboxylic acids is 1. The lowest BCUT2D eigenvalue weighted by Gasteiger charge is -2.12. The van der Waals surface area contributed by atoms with Crippen LogP contribution in [0.3, 0.4) is 0 Å². The second kappa shape index (κ2) is 10.1. The van der Waals surface area contributed by atoms with Gasteiger partial charge in [-0.3, -0.25) is 4.79 Å². The van der Waals surface area contributed by atoms with E-state index in [1.54, 1.807) is 0 Å². The highest BCUT2D eigenvalue weighted by atomic mass is 16.5. The number of terminal acetylenes is 1. The standard InChI is InChI=1S/C22H25NO3/c1-4-14-26-20-12-10-18(15-21(20)25-5-2)11-13-22(24)23-16-19-8-6-17(3)7-9-19/h1,6-10,12,15H,5,11,13-14,16H2,2-3H3,(H,23,24). The second-order valence-electron chi connectivity index (χ2n) is 5.97. The minimum atomic E-state index is 0.0243. The zero-order valence-electron chi connectivity index (χ0n) is 15.4. The van der Waals surface area contributed by atoms with Crippen LogP contribution in [0.15, 0.2) is 42.5 Å². The van der Waals surface area contributed by atoms with Gasteiger partial charge >= 0.3 is 0 Å². The number of benzene rings is 2. The molecule has 0 radical (unpaired) electrons. The summed E-state index contributed by atoms with van der Waals surface area (Å²) in [7, 11) is 0. The van der Waals surface area contributed by atoms with Crippen LogP contribution in [-0.2, 0) is 17.8 Å². The SMILES string of the molecule is C#CCOc1ccc(CCC(=O)NCc2ccc(C)cc2)cc1OCC. The molecule has 0 fully saturated rings. The fourth-order valence-electron chi connectivity index (χ4n) is 2.47. The molecule has 0 atom stereocenters. The Kier molecular flexibility index (Phi) is 7.57. The van der Waals surface area contributed by atoms with Gasteiger partial charge in [0.2, 0.25) is 5.91 Å². The van der Waals surface area contributed by atoms with E-state index in [9.17, 15) is 4.79 Å². The Morgan fingerprint density at radius 2 is 1.81 bits per heavy atom. The topological polar surface area (TPSA) is 47.6 Å². The van der Waals surface area contributed by atoms with Crippen LogP contribution in [0, 0.1) is 19.3 Å². The summed E-state index contributed by atoms with van der Waals surface area (Å²) in [6.07, 6.45) is 6.28. The summed E-state index contributed by atoms with van der Waals surface area (Å²) in [5.41, 5.74) is 3.32. The van der Waals surface area contributed by atoms with E-state index in [-0.39, 0.29) is 12.5 Å². The molecule has 136 valence electrons. The van der Waals surface area contributed by atoms with Crippen molar-refractivity contribution >= 4 is 5.91 Å². The van der Waals surface area contributed by atoms with Gasteiger partial charge in [0.1, 0.15) is 6.61 Å². The van der Waals surface area contributed by atoms with Gasteiger partial charge in [0.25, 0.3) is 0 Å². The van der Waals surface area contributed by atoms with Gasteiger partial charge in [0, 0.05) is 13.0 Å². The van der Waals surface area contributed by atoms with E-state index in [0.717, 1.165) is 11.1 Å². The first-order valence-corrected chi connectivity index (χ1v) is 8.76. The molecule has 2 aromatic rings. The number of hydrogen-bond donors (Lipinski definition) is 1. The lowest BCUT2D eigenvalue weighted by atomic mass is 10.1. The Labute approximate surface area is 155 Å². The number of aryl methyl sites for hydroxylation is 2. The lowest BCUT2D eigenvalue weighted by Crippen LogP contribution is -2.22. The van der Waals surface area contributed by atoms with Gasteiger partial charge in [0.05, 0.1) is 6.61 Å². The molecular formula is C22H25NO3. The van der Waals surface area contributed by atoms with Crippen LogP contribution >= 0.6 is 0 Å². The summed E-state index contributed by atoms with van der Waals surface area (Å²) in [6.45, 7) is 5.23. The van der Waals surface area contributed by atoms with Gasteiger partial charge in [-0.15, -0.1) is 6.42 Å². The van der Waals surface area contributed by atoms with Crippen molar-refractivity contribution in [3.8, 4) is 23.8 Å². The average molecular weight is 351 g/mol. The minimum absolute atomic E-state index is 0.0243. The quantitative estimate of drug-likeness (QED) is 0.702. The van der Waals surface area contributed by atoms with E-state index in [4.69, 9.17) is 15.9 Å². The normalized spacial score (nSPS) is 10.0. The molecule has 0 aliphatic heterocycles. The zero-order valence-corrected chi connectivity index (χ0v) is 15.4. The highest BCUT2D eigenvalue weighted by Gasteiger charge is 2.08. The fraction of sp³-hybridized carbons (Fsp3) is 0.318. The monoisotopic (exact) mass is 351 g/mol. The molecule has 0 unspecified atom stereocenters. The van der Waals surface area contributed by atoms with Gasteiger partial charge in [-0.2, -0.15) is 0 Å². The molecule has 26 heavy (non-hydrogen) atoms. The molecule has 1 amide bonds. The van der Waals surface area contributed by atoms with Gasteiger partial charge in [-0.1, -0.05) is 41.8 Å². The van der Waals surface area contributed by atoms with E-state index in [1.165, 1.54) is 5.56 Å². The summed E-state index contributed by atoms with van der Waals surface area (Å²) in [5, 5.41) is 2.95. The van der Waals surface area contributed by atoms with Crippen LogP contribution < -0.4 is 14.8 Å². The molecule has 0 spiro atoms. The summed E-state index contributed by atoms with van der Waals surface area (Å²) >= 11 is 0. The maximum absolute atomic E-state index is 12.1. The van der Waals surface area contributed by atoms with Crippen molar-refractivity contribution in [2.45, 2.75) is 33.2 Å². The summed E-state index contributed by atoms with van der Waals surface area (Å²) in [6, 6.07) is 13.8. The maximum atomic E-state index is 12.1. The molecular weight excluding hydrogens is 326 g/mol. The number of rotatable bonds is 9. The smallest absolute Gasteiger partial charge is 0.220 e. The number of nitrogens with one attached hydrogen (secondary N) is 1. The highest BCUT2D eigenvalue weighted by molar-refractivity contribution is 5.76. The molecule has 1 N–H and O–H groups in total. The molecule has 0 saturated heterocycles. The first-order chi connectivity index (χ1) is 12.6. The number of hydrogen-bond acceptors (Lipinski definition) is 3. The summed E-state index contributed by atoms with van der Waals surface area (Å²) in [5.74, 6) is 3.74. The van der Waals surface area contributed by atoms with Gasteiger partial charge in [-0.05, 0) is 43.5 Å². The Morgan fingerprint density at radius 3 is 2.50 bits per heavy atom. The van der Waals surface area contributed by atoms with Crippen LogP contribution in [0.4, 0.5) is 0 Å². The van der Waals surface area contributed by atoms with Crippen molar-refractivity contribution in [1.82, 2.24) is 5.32 Å². The Morgan fingerprint density at radius 1 is 1.08 bits per heavy atom. The number of carbonyl (C=O) groups is 1. The van der Waals surface area contributed by atoms with Crippen molar-refractivity contribution in [3.63, 3.8) is 0 Å². The van der Waals surface area contributed by atoms with Crippen LogP contribution in [0.1, 0.15) is 30.0 Å². The molecule has 0 aliphatic rings. The van der Waals surface area contributed by atoms with E-state index >= 15 is 0 Å². The largest absolute Gasteiger partial charge is 0.490 e. The van der Waals surface area contributed by atoms with Crippen molar-refractivity contribution in [1.29, 1.82) is 0 Å². The van der Waals surface area contributed by atoms with Gasteiger partial charge in [0.15, 0.2) is 11.5 Å². The van der Waals surface area contributed by atoms with Crippen LogP contribution in [-0.4, -0.2) is 19.1 Å². The molecule has 4 nitrogen and oxygen atoms in total. The van der Waals surface area contributed by atoms with E-state index in [0.29, 0.717) is 37.5 Å². The Balaban J connectivity index is 1.87. The lowest BCUT2D eigenvalue weighted by molar-refractivity contribution is -0.121. The van der Waals surface area contributed by atoms with Gasteiger partial charge in [-0.25, -0.2) is 0 Å². The molecule has 2 aromatic carbocycles. The molecule has 0 heterocycles. The highest BCUT2D eigenvalue weighted by Crippen LogP contribution is 2.29. The molecule has 4 heteroatoms. The Bertz CT molecular complexity index is 760. The van der Waals surface area contributed by atoms with Crippen LogP contribution in [0.5, 0.6) is 11.5 Å².